The van der Waals surface area contributed by atoms with Gasteiger partial charge in [0.15, 0.2) is 5.03 Å². The molecule has 7 heteroatoms. The van der Waals surface area contributed by atoms with E-state index in [2.05, 4.69) is 20.0 Å². The lowest BCUT2D eigenvalue weighted by Crippen LogP contribution is -2.40. The number of H-pyrrole nitrogens is 1. The molecule has 0 amide bonds. The normalized spacial score (nSPS) is 21.7. The molecule has 1 aliphatic heterocycles. The lowest BCUT2D eigenvalue weighted by Gasteiger charge is -2.15. The maximum atomic E-state index is 12.1. The minimum atomic E-state index is -3.47. The van der Waals surface area contributed by atoms with Crippen LogP contribution in [0.25, 0.3) is 0 Å². The van der Waals surface area contributed by atoms with E-state index < -0.39 is 10.0 Å². The largest absolute Gasteiger partial charge is 0.332 e. The maximum absolute atomic E-state index is 12.1. The van der Waals surface area contributed by atoms with Crippen molar-refractivity contribution < 1.29 is 8.42 Å². The summed E-state index contributed by atoms with van der Waals surface area (Å²) in [7, 11) is -3.47. The van der Waals surface area contributed by atoms with Gasteiger partial charge >= 0.3 is 0 Å². The lowest BCUT2D eigenvalue weighted by atomic mass is 10.2. The van der Waals surface area contributed by atoms with Crippen LogP contribution in [0, 0.1) is 0 Å². The first kappa shape index (κ1) is 13.5. The summed E-state index contributed by atoms with van der Waals surface area (Å²) in [4.78, 5) is 6.85. The van der Waals surface area contributed by atoms with Gasteiger partial charge in [0.25, 0.3) is 10.0 Å². The predicted molar refractivity (Wildman–Crippen MR) is 68.8 cm³/mol. The number of aromatic amines is 1. The van der Waals surface area contributed by atoms with Gasteiger partial charge in [-0.2, -0.15) is 0 Å². The molecule has 0 saturated carbocycles. The summed E-state index contributed by atoms with van der Waals surface area (Å²) in [6, 6.07) is -0.0362. The molecular weight excluding hydrogens is 252 g/mol. The molecule has 1 atom stereocenters. The second-order valence-electron chi connectivity index (χ2n) is 4.57. The molecule has 1 unspecified atom stereocenters. The highest BCUT2D eigenvalue weighted by atomic mass is 32.2. The Morgan fingerprint density at radius 3 is 3.06 bits per heavy atom. The summed E-state index contributed by atoms with van der Waals surface area (Å²) in [6.07, 6.45) is 5.10. The number of hydrogen-bond donors (Lipinski definition) is 3. The fourth-order valence-electron chi connectivity index (χ4n) is 2.06. The first-order valence-corrected chi connectivity index (χ1v) is 7.87. The summed E-state index contributed by atoms with van der Waals surface area (Å²) in [5.74, 6) is 0.689. The number of aromatic nitrogens is 2. The number of aryl methyl sites for hydroxylation is 1. The van der Waals surface area contributed by atoms with Crippen LogP contribution in [0.5, 0.6) is 0 Å². The van der Waals surface area contributed by atoms with Gasteiger partial charge in [-0.25, -0.2) is 18.1 Å². The quantitative estimate of drug-likeness (QED) is 0.740. The molecule has 0 spiro atoms. The van der Waals surface area contributed by atoms with Crippen molar-refractivity contribution in [3.05, 3.63) is 12.0 Å². The number of hydrogen-bond acceptors (Lipinski definition) is 4. The van der Waals surface area contributed by atoms with Gasteiger partial charge in [-0.1, -0.05) is 13.3 Å². The van der Waals surface area contributed by atoms with Crippen LogP contribution in [-0.4, -0.2) is 37.5 Å². The lowest BCUT2D eigenvalue weighted by molar-refractivity contribution is 0.519. The van der Waals surface area contributed by atoms with E-state index in [1.807, 2.05) is 6.92 Å². The monoisotopic (exact) mass is 272 g/mol. The van der Waals surface area contributed by atoms with Crippen LogP contribution in [0.3, 0.4) is 0 Å². The molecule has 18 heavy (non-hydrogen) atoms. The molecule has 1 aliphatic rings. The SMILES string of the molecule is CCc1ncc(S(=O)(=O)NC2CCCCNC2)[nH]1. The van der Waals surface area contributed by atoms with Crippen molar-refractivity contribution in [2.45, 2.75) is 43.7 Å². The number of nitrogens with one attached hydrogen (secondary N) is 3. The van der Waals surface area contributed by atoms with Gasteiger partial charge in [0.2, 0.25) is 0 Å². The molecule has 1 saturated heterocycles. The van der Waals surface area contributed by atoms with E-state index >= 15 is 0 Å². The third-order valence-electron chi connectivity index (χ3n) is 3.10. The van der Waals surface area contributed by atoms with Crippen LogP contribution >= 0.6 is 0 Å². The zero-order chi connectivity index (χ0) is 13.0. The second kappa shape index (κ2) is 5.81. The van der Waals surface area contributed by atoms with E-state index in [-0.39, 0.29) is 11.1 Å². The van der Waals surface area contributed by atoms with Crippen LogP contribution < -0.4 is 10.0 Å². The van der Waals surface area contributed by atoms with Crippen LogP contribution in [0.2, 0.25) is 0 Å². The van der Waals surface area contributed by atoms with Crippen LogP contribution in [-0.2, 0) is 16.4 Å². The Labute approximate surface area is 108 Å². The molecule has 6 nitrogen and oxygen atoms in total. The summed E-state index contributed by atoms with van der Waals surface area (Å²) in [6.45, 7) is 3.58. The molecule has 2 heterocycles. The van der Waals surface area contributed by atoms with Crippen molar-refractivity contribution in [2.75, 3.05) is 13.1 Å². The average molecular weight is 272 g/mol. The molecule has 0 bridgehead atoms. The Morgan fingerprint density at radius 2 is 2.33 bits per heavy atom. The zero-order valence-electron chi connectivity index (χ0n) is 10.6. The summed E-state index contributed by atoms with van der Waals surface area (Å²) >= 11 is 0. The minimum absolute atomic E-state index is 0.0362. The van der Waals surface area contributed by atoms with Crippen molar-refractivity contribution in [3.63, 3.8) is 0 Å². The molecule has 1 aromatic rings. The first-order valence-electron chi connectivity index (χ1n) is 6.39. The summed E-state index contributed by atoms with van der Waals surface area (Å²) in [5.41, 5.74) is 0. The number of rotatable bonds is 4. The van der Waals surface area contributed by atoms with Gasteiger partial charge in [0.05, 0.1) is 6.20 Å². The first-order chi connectivity index (χ1) is 8.62. The van der Waals surface area contributed by atoms with E-state index in [1.54, 1.807) is 0 Å². The van der Waals surface area contributed by atoms with Crippen molar-refractivity contribution in [3.8, 4) is 0 Å². The highest BCUT2D eigenvalue weighted by molar-refractivity contribution is 7.89. The summed E-state index contributed by atoms with van der Waals surface area (Å²) in [5, 5.41) is 3.39. The number of sulfonamides is 1. The smallest absolute Gasteiger partial charge is 0.257 e. The Kier molecular flexibility index (Phi) is 4.36. The van der Waals surface area contributed by atoms with E-state index in [1.165, 1.54) is 6.20 Å². The van der Waals surface area contributed by atoms with Crippen molar-refractivity contribution >= 4 is 10.0 Å². The Bertz CT molecular complexity index is 475. The van der Waals surface area contributed by atoms with Crippen molar-refractivity contribution in [1.82, 2.24) is 20.0 Å². The standard InChI is InChI=1S/C11H20N4O2S/c1-2-10-13-8-11(14-10)18(16,17)15-9-5-3-4-6-12-7-9/h8-9,12,15H,2-7H2,1H3,(H,13,14). The van der Waals surface area contributed by atoms with Gasteiger partial charge in [-0.05, 0) is 19.4 Å². The molecule has 1 aromatic heterocycles. The average Bonchev–Trinajstić information content (AvgIpc) is 2.70. The number of nitrogens with zero attached hydrogens (tertiary/aromatic N) is 1. The van der Waals surface area contributed by atoms with Crippen LogP contribution in [0.1, 0.15) is 32.0 Å². The van der Waals surface area contributed by atoms with E-state index in [9.17, 15) is 8.42 Å². The van der Waals surface area contributed by atoms with Gasteiger partial charge in [-0.3, -0.25) is 0 Å². The Morgan fingerprint density at radius 1 is 1.50 bits per heavy atom. The minimum Gasteiger partial charge on any atom is -0.332 e. The molecule has 0 aliphatic carbocycles. The Hall–Kier alpha value is -0.920. The third-order valence-corrected chi connectivity index (χ3v) is 4.53. The molecule has 1 fully saturated rings. The number of imidazole rings is 1. The van der Waals surface area contributed by atoms with Crippen LogP contribution in [0.15, 0.2) is 11.2 Å². The van der Waals surface area contributed by atoms with Gasteiger partial charge in [-0.15, -0.1) is 0 Å². The molecule has 2 rings (SSSR count). The van der Waals surface area contributed by atoms with E-state index in [0.717, 1.165) is 25.8 Å². The molecule has 0 radical (unpaired) electrons. The van der Waals surface area contributed by atoms with E-state index in [0.29, 0.717) is 18.8 Å². The zero-order valence-corrected chi connectivity index (χ0v) is 11.4. The maximum Gasteiger partial charge on any atom is 0.257 e. The fraction of sp³-hybridized carbons (Fsp3) is 0.727. The molecule has 3 N–H and O–H groups in total. The van der Waals surface area contributed by atoms with Crippen LogP contribution in [0.4, 0.5) is 0 Å². The van der Waals surface area contributed by atoms with E-state index in [4.69, 9.17) is 0 Å². The highest BCUT2D eigenvalue weighted by Gasteiger charge is 2.22. The third kappa shape index (κ3) is 3.30. The topological polar surface area (TPSA) is 86.9 Å². The van der Waals surface area contributed by atoms with Crippen molar-refractivity contribution in [2.24, 2.45) is 0 Å². The Balaban J connectivity index is 2.06. The van der Waals surface area contributed by atoms with Crippen molar-refractivity contribution in [1.29, 1.82) is 0 Å². The van der Waals surface area contributed by atoms with Gasteiger partial charge in [0.1, 0.15) is 5.82 Å². The second-order valence-corrected chi connectivity index (χ2v) is 6.25. The molecule has 0 aromatic carbocycles. The molecule has 102 valence electrons. The van der Waals surface area contributed by atoms with Gasteiger partial charge < -0.3 is 10.3 Å². The molecular formula is C11H20N4O2S. The highest BCUT2D eigenvalue weighted by Crippen LogP contribution is 2.10. The fourth-order valence-corrected chi connectivity index (χ4v) is 3.27. The van der Waals surface area contributed by atoms with Gasteiger partial charge in [0, 0.05) is 19.0 Å². The summed E-state index contributed by atoms with van der Waals surface area (Å²) < 4.78 is 27.0. The predicted octanol–water partition coefficient (Wildman–Crippen LogP) is 0.393.